The number of carbonyl (C=O) groups excluding carboxylic acids is 1. The second-order valence-corrected chi connectivity index (χ2v) is 7.45. The number of esters is 1. The third kappa shape index (κ3) is 4.34. The summed E-state index contributed by atoms with van der Waals surface area (Å²) in [6, 6.07) is 18.0. The zero-order valence-corrected chi connectivity index (χ0v) is 17.0. The Balaban J connectivity index is 0.00000243. The summed E-state index contributed by atoms with van der Waals surface area (Å²) >= 11 is 0. The summed E-state index contributed by atoms with van der Waals surface area (Å²) < 4.78 is 6.62. The molecular formula is C21H27BrNO3+. The maximum Gasteiger partial charge on any atom is 0.348 e. The molecule has 140 valence electrons. The van der Waals surface area contributed by atoms with Gasteiger partial charge in [0.25, 0.3) is 0 Å². The van der Waals surface area contributed by atoms with Gasteiger partial charge in [-0.05, 0) is 17.5 Å². The second-order valence-electron chi connectivity index (χ2n) is 7.45. The number of nitrogens with zero attached hydrogens (tertiary/aromatic N) is 1. The Morgan fingerprint density at radius 1 is 1.04 bits per heavy atom. The van der Waals surface area contributed by atoms with E-state index < -0.39 is 11.6 Å². The summed E-state index contributed by atoms with van der Waals surface area (Å²) in [6.45, 7) is 1.85. The lowest BCUT2D eigenvalue weighted by Crippen LogP contribution is -2.52. The molecule has 1 fully saturated rings. The van der Waals surface area contributed by atoms with Crippen molar-refractivity contribution in [3.63, 3.8) is 0 Å². The van der Waals surface area contributed by atoms with Crippen LogP contribution >= 0.6 is 17.0 Å². The van der Waals surface area contributed by atoms with E-state index in [1.54, 1.807) is 24.3 Å². The van der Waals surface area contributed by atoms with Gasteiger partial charge in [-0.25, -0.2) is 4.79 Å². The van der Waals surface area contributed by atoms with Crippen molar-refractivity contribution >= 4 is 23.0 Å². The molecule has 0 aliphatic carbocycles. The molecule has 1 atom stereocenters. The van der Waals surface area contributed by atoms with Gasteiger partial charge < -0.3 is 14.3 Å². The van der Waals surface area contributed by atoms with Gasteiger partial charge in [0.2, 0.25) is 5.60 Å². The third-order valence-corrected chi connectivity index (χ3v) is 4.94. The highest BCUT2D eigenvalue weighted by Gasteiger charge is 2.43. The zero-order chi connectivity index (χ0) is 17.9. The number of likely N-dealkylation sites (tertiary alicyclic amines) is 1. The number of hydrogen-bond acceptors (Lipinski definition) is 3. The van der Waals surface area contributed by atoms with Crippen molar-refractivity contribution in [3.8, 4) is 0 Å². The highest BCUT2D eigenvalue weighted by atomic mass is 79.9. The van der Waals surface area contributed by atoms with Crippen LogP contribution in [0.4, 0.5) is 0 Å². The van der Waals surface area contributed by atoms with Gasteiger partial charge in [0.05, 0.1) is 20.6 Å². The summed E-state index contributed by atoms with van der Waals surface area (Å²) in [5.74, 6) is -0.600. The van der Waals surface area contributed by atoms with E-state index >= 15 is 0 Å². The van der Waals surface area contributed by atoms with Crippen molar-refractivity contribution in [2.45, 2.75) is 24.5 Å². The van der Waals surface area contributed by atoms with Crippen LogP contribution in [0.1, 0.15) is 24.0 Å². The molecule has 0 amide bonds. The van der Waals surface area contributed by atoms with Crippen molar-refractivity contribution in [1.29, 1.82) is 0 Å². The first-order valence-corrected chi connectivity index (χ1v) is 8.78. The Kier molecular flexibility index (Phi) is 6.61. The fraction of sp³-hybridized carbons (Fsp3) is 0.381. The zero-order valence-electron chi connectivity index (χ0n) is 15.3. The van der Waals surface area contributed by atoms with E-state index in [9.17, 15) is 9.90 Å². The third-order valence-electron chi connectivity index (χ3n) is 4.94. The quantitative estimate of drug-likeness (QED) is 0.609. The summed E-state index contributed by atoms with van der Waals surface area (Å²) in [4.78, 5) is 13.1. The molecule has 2 aromatic carbocycles. The molecule has 26 heavy (non-hydrogen) atoms. The molecule has 1 aliphatic heterocycles. The number of halogens is 1. The highest BCUT2D eigenvalue weighted by molar-refractivity contribution is 8.93. The molecule has 1 unspecified atom stereocenters. The average molecular weight is 421 g/mol. The number of aliphatic hydroxyl groups is 1. The molecule has 0 radical (unpaired) electrons. The number of ether oxygens (including phenoxy) is 1. The predicted molar refractivity (Wildman–Crippen MR) is 107 cm³/mol. The fourth-order valence-electron chi connectivity index (χ4n) is 3.57. The van der Waals surface area contributed by atoms with E-state index in [1.807, 2.05) is 36.4 Å². The van der Waals surface area contributed by atoms with Gasteiger partial charge in [0.1, 0.15) is 6.54 Å². The van der Waals surface area contributed by atoms with Crippen molar-refractivity contribution in [2.75, 3.05) is 27.2 Å². The van der Waals surface area contributed by atoms with Gasteiger partial charge >= 0.3 is 5.97 Å². The Morgan fingerprint density at radius 3 is 2.00 bits per heavy atom. The lowest BCUT2D eigenvalue weighted by atomic mass is 9.86. The van der Waals surface area contributed by atoms with Gasteiger partial charge in [-0.1, -0.05) is 60.7 Å². The topological polar surface area (TPSA) is 46.5 Å². The van der Waals surface area contributed by atoms with Crippen LogP contribution in [0.2, 0.25) is 0 Å². The first-order chi connectivity index (χ1) is 11.9. The number of likely N-dealkylation sites (N-methyl/N-ethyl adjacent to an activating group) is 1. The molecule has 0 spiro atoms. The van der Waals surface area contributed by atoms with Gasteiger partial charge in [-0.2, -0.15) is 0 Å². The van der Waals surface area contributed by atoms with Crippen LogP contribution in [0.5, 0.6) is 0 Å². The SMILES string of the molecule is Br.C[N+]1(C)CCCC(OC(=O)C(O)(c2ccccc2)c2ccccc2)C1. The summed E-state index contributed by atoms with van der Waals surface area (Å²) in [5, 5.41) is 11.4. The van der Waals surface area contributed by atoms with E-state index in [-0.39, 0.29) is 23.1 Å². The normalized spacial score (nSPS) is 19.3. The number of quaternary nitrogens is 1. The molecule has 1 heterocycles. The Hall–Kier alpha value is -1.69. The van der Waals surface area contributed by atoms with Crippen LogP contribution in [0.3, 0.4) is 0 Å². The smallest absolute Gasteiger partial charge is 0.348 e. The summed E-state index contributed by atoms with van der Waals surface area (Å²) in [6.07, 6.45) is 1.68. The molecule has 1 aliphatic rings. The van der Waals surface area contributed by atoms with Gasteiger partial charge in [0.15, 0.2) is 6.10 Å². The monoisotopic (exact) mass is 420 g/mol. The molecule has 5 heteroatoms. The molecule has 0 aromatic heterocycles. The average Bonchev–Trinajstić information content (AvgIpc) is 2.61. The van der Waals surface area contributed by atoms with Crippen LogP contribution in [-0.4, -0.2) is 48.8 Å². The second kappa shape index (κ2) is 8.33. The largest absolute Gasteiger partial charge is 0.454 e. The number of carbonyl (C=O) groups is 1. The van der Waals surface area contributed by atoms with Gasteiger partial charge in [-0.3, -0.25) is 0 Å². The molecule has 3 rings (SSSR count). The first-order valence-electron chi connectivity index (χ1n) is 8.78. The maximum atomic E-state index is 13.1. The maximum absolute atomic E-state index is 13.1. The van der Waals surface area contributed by atoms with E-state index in [0.29, 0.717) is 11.1 Å². The molecule has 2 aromatic rings. The minimum atomic E-state index is -1.79. The van der Waals surface area contributed by atoms with Crippen LogP contribution in [0.15, 0.2) is 60.7 Å². The Morgan fingerprint density at radius 2 is 1.54 bits per heavy atom. The Labute approximate surface area is 165 Å². The highest BCUT2D eigenvalue weighted by Crippen LogP contribution is 2.32. The first kappa shape index (κ1) is 20.6. The van der Waals surface area contributed by atoms with E-state index in [0.717, 1.165) is 30.4 Å². The number of piperidine rings is 1. The standard InChI is InChI=1S/C21H26NO3.BrH/c1-22(2)15-9-14-19(16-22)25-20(23)21(24,17-10-5-3-6-11-17)18-12-7-4-8-13-18;/h3-8,10-13,19,24H,9,14-16H2,1-2H3;1H/q+1;. The van der Waals surface area contributed by atoms with Crippen molar-refractivity contribution < 1.29 is 19.1 Å². The molecule has 1 N–H and O–H groups in total. The molecule has 1 saturated heterocycles. The summed E-state index contributed by atoms with van der Waals surface area (Å²) in [7, 11) is 4.28. The summed E-state index contributed by atoms with van der Waals surface area (Å²) in [5.41, 5.74) is -0.747. The van der Waals surface area contributed by atoms with Crippen molar-refractivity contribution in [2.24, 2.45) is 0 Å². The minimum Gasteiger partial charge on any atom is -0.454 e. The molecular weight excluding hydrogens is 394 g/mol. The van der Waals surface area contributed by atoms with Crippen LogP contribution in [0, 0.1) is 0 Å². The number of hydrogen-bond donors (Lipinski definition) is 1. The number of rotatable bonds is 4. The van der Waals surface area contributed by atoms with E-state index in [2.05, 4.69) is 14.1 Å². The van der Waals surface area contributed by atoms with E-state index in [1.165, 1.54) is 0 Å². The van der Waals surface area contributed by atoms with Crippen LogP contribution in [-0.2, 0) is 15.1 Å². The van der Waals surface area contributed by atoms with Crippen LogP contribution in [0.25, 0.3) is 0 Å². The molecule has 4 nitrogen and oxygen atoms in total. The Bertz CT molecular complexity index is 679. The van der Waals surface area contributed by atoms with Crippen molar-refractivity contribution in [1.82, 2.24) is 0 Å². The van der Waals surface area contributed by atoms with Crippen molar-refractivity contribution in [3.05, 3.63) is 71.8 Å². The van der Waals surface area contributed by atoms with Gasteiger partial charge in [-0.15, -0.1) is 17.0 Å². The number of benzene rings is 2. The predicted octanol–water partition coefficient (Wildman–Crippen LogP) is 3.28. The minimum absolute atomic E-state index is 0. The van der Waals surface area contributed by atoms with Gasteiger partial charge in [0, 0.05) is 6.42 Å². The van der Waals surface area contributed by atoms with E-state index in [4.69, 9.17) is 4.74 Å². The molecule has 0 saturated carbocycles. The lowest BCUT2D eigenvalue weighted by Gasteiger charge is -2.38. The fourth-order valence-corrected chi connectivity index (χ4v) is 3.57. The van der Waals surface area contributed by atoms with Crippen LogP contribution < -0.4 is 0 Å². The molecule has 0 bridgehead atoms. The lowest BCUT2D eigenvalue weighted by molar-refractivity contribution is -0.898.